The molecular weight excluding hydrogens is 242 g/mol. The van der Waals surface area contributed by atoms with Crippen molar-refractivity contribution in [3.8, 4) is 5.75 Å². The van der Waals surface area contributed by atoms with Crippen LogP contribution < -0.4 is 9.64 Å². The molecule has 100 valence electrons. The van der Waals surface area contributed by atoms with Gasteiger partial charge in [-0.05, 0) is 12.1 Å². The number of hydrogen-bond donors (Lipinski definition) is 0. The van der Waals surface area contributed by atoms with E-state index in [0.717, 1.165) is 5.69 Å². The second kappa shape index (κ2) is 5.14. The van der Waals surface area contributed by atoms with E-state index in [1.807, 2.05) is 37.2 Å². The van der Waals surface area contributed by atoms with Gasteiger partial charge in [0, 0.05) is 32.4 Å². The Balaban J connectivity index is 2.44. The number of aryl methyl sites for hydroxylation is 1. The Morgan fingerprint density at radius 1 is 1.37 bits per heavy atom. The van der Waals surface area contributed by atoms with Crippen molar-refractivity contribution in [2.75, 3.05) is 26.1 Å². The van der Waals surface area contributed by atoms with E-state index in [-0.39, 0.29) is 5.78 Å². The zero-order chi connectivity index (χ0) is 14.0. The summed E-state index contributed by atoms with van der Waals surface area (Å²) < 4.78 is 6.70. The molecule has 2 aromatic rings. The molecule has 0 radical (unpaired) electrons. The van der Waals surface area contributed by atoms with Gasteiger partial charge in [0.1, 0.15) is 0 Å². The smallest absolute Gasteiger partial charge is 0.214 e. The van der Waals surface area contributed by atoms with Crippen LogP contribution in [0.3, 0.4) is 0 Å². The van der Waals surface area contributed by atoms with Crippen LogP contribution in [-0.4, -0.2) is 36.8 Å². The maximum atomic E-state index is 12.5. The average molecular weight is 259 g/mol. The fourth-order valence-electron chi connectivity index (χ4n) is 1.89. The lowest BCUT2D eigenvalue weighted by Gasteiger charge is -2.13. The van der Waals surface area contributed by atoms with Gasteiger partial charge in [0.25, 0.3) is 0 Å². The third-order valence-electron chi connectivity index (χ3n) is 2.96. The van der Waals surface area contributed by atoms with Crippen LogP contribution in [0.2, 0.25) is 0 Å². The number of benzene rings is 1. The summed E-state index contributed by atoms with van der Waals surface area (Å²) in [5.41, 5.74) is 2.05. The van der Waals surface area contributed by atoms with E-state index >= 15 is 0 Å². The molecule has 0 spiro atoms. The summed E-state index contributed by atoms with van der Waals surface area (Å²) in [5.74, 6) is 0.392. The molecule has 0 aliphatic rings. The van der Waals surface area contributed by atoms with E-state index in [4.69, 9.17) is 4.74 Å². The van der Waals surface area contributed by atoms with Crippen molar-refractivity contribution < 1.29 is 9.53 Å². The van der Waals surface area contributed by atoms with Crippen LogP contribution >= 0.6 is 0 Å². The Morgan fingerprint density at radius 3 is 2.74 bits per heavy atom. The number of ketones is 1. The van der Waals surface area contributed by atoms with E-state index in [2.05, 4.69) is 5.10 Å². The highest BCUT2D eigenvalue weighted by molar-refractivity contribution is 6.10. The van der Waals surface area contributed by atoms with Gasteiger partial charge in [-0.15, -0.1) is 0 Å². The fraction of sp³-hybridized carbons (Fsp3) is 0.286. The number of nitrogens with zero attached hydrogens (tertiary/aromatic N) is 3. The molecule has 0 aliphatic heterocycles. The first-order valence-electron chi connectivity index (χ1n) is 5.92. The van der Waals surface area contributed by atoms with Gasteiger partial charge in [0.05, 0.1) is 13.3 Å². The molecule has 0 atom stereocenters. The Morgan fingerprint density at radius 2 is 2.11 bits per heavy atom. The van der Waals surface area contributed by atoms with Crippen LogP contribution in [0.15, 0.2) is 30.5 Å². The van der Waals surface area contributed by atoms with Crippen LogP contribution in [0.25, 0.3) is 0 Å². The van der Waals surface area contributed by atoms with Crippen molar-refractivity contribution in [3.63, 3.8) is 0 Å². The quantitative estimate of drug-likeness (QED) is 0.784. The van der Waals surface area contributed by atoms with E-state index in [9.17, 15) is 4.79 Å². The highest BCUT2D eigenvalue weighted by Crippen LogP contribution is 2.22. The summed E-state index contributed by atoms with van der Waals surface area (Å²) in [6, 6.07) is 7.47. The van der Waals surface area contributed by atoms with Gasteiger partial charge in [-0.25, -0.2) is 0 Å². The maximum absolute atomic E-state index is 12.5. The summed E-state index contributed by atoms with van der Waals surface area (Å²) in [6.07, 6.45) is 1.54. The van der Waals surface area contributed by atoms with Crippen LogP contribution in [0.4, 0.5) is 5.69 Å². The van der Waals surface area contributed by atoms with Gasteiger partial charge < -0.3 is 9.64 Å². The van der Waals surface area contributed by atoms with E-state index in [1.165, 1.54) is 11.8 Å². The predicted octanol–water partition coefficient (Wildman–Crippen LogP) is 1.73. The zero-order valence-corrected chi connectivity index (χ0v) is 11.5. The number of hydrogen-bond acceptors (Lipinski definition) is 4. The second-order valence-electron chi connectivity index (χ2n) is 4.46. The van der Waals surface area contributed by atoms with Gasteiger partial charge in [-0.1, -0.05) is 12.1 Å². The minimum Gasteiger partial charge on any atom is -0.493 e. The summed E-state index contributed by atoms with van der Waals surface area (Å²) in [7, 11) is 7.14. The minimum absolute atomic E-state index is 0.0967. The third-order valence-corrected chi connectivity index (χ3v) is 2.96. The molecule has 1 aromatic carbocycles. The number of ether oxygens (including phenoxy) is 1. The molecule has 0 N–H and O–H groups in total. The fourth-order valence-corrected chi connectivity index (χ4v) is 1.89. The van der Waals surface area contributed by atoms with Gasteiger partial charge in [0.15, 0.2) is 11.4 Å². The summed E-state index contributed by atoms with van der Waals surface area (Å²) in [4.78, 5) is 14.5. The average Bonchev–Trinajstić information content (AvgIpc) is 2.79. The largest absolute Gasteiger partial charge is 0.493 e. The highest BCUT2D eigenvalue weighted by atomic mass is 16.5. The van der Waals surface area contributed by atoms with Gasteiger partial charge in [-0.2, -0.15) is 5.10 Å². The number of rotatable bonds is 4. The molecule has 5 nitrogen and oxygen atoms in total. The summed E-state index contributed by atoms with van der Waals surface area (Å²) >= 11 is 0. The normalized spacial score (nSPS) is 10.3. The summed E-state index contributed by atoms with van der Waals surface area (Å²) in [6.45, 7) is 0. The highest BCUT2D eigenvalue weighted by Gasteiger charge is 2.19. The molecule has 1 heterocycles. The Labute approximate surface area is 112 Å². The lowest BCUT2D eigenvalue weighted by molar-refractivity contribution is 0.102. The third kappa shape index (κ3) is 2.45. The van der Waals surface area contributed by atoms with Gasteiger partial charge in [-0.3, -0.25) is 9.48 Å². The molecule has 0 fully saturated rings. The van der Waals surface area contributed by atoms with Crippen LogP contribution in [-0.2, 0) is 7.05 Å². The molecular formula is C14H17N3O2. The van der Waals surface area contributed by atoms with Crippen molar-refractivity contribution in [2.24, 2.45) is 7.05 Å². The monoisotopic (exact) mass is 259 g/mol. The van der Waals surface area contributed by atoms with E-state index in [1.54, 1.807) is 19.3 Å². The minimum atomic E-state index is -0.0967. The molecule has 0 bridgehead atoms. The lowest BCUT2D eigenvalue weighted by atomic mass is 10.1. The van der Waals surface area contributed by atoms with E-state index in [0.29, 0.717) is 17.0 Å². The molecule has 0 amide bonds. The summed E-state index contributed by atoms with van der Waals surface area (Å²) in [5, 5.41) is 4.05. The molecule has 0 saturated carbocycles. The Hall–Kier alpha value is -2.30. The number of methoxy groups -OCH3 is 1. The van der Waals surface area contributed by atoms with Crippen molar-refractivity contribution >= 4 is 11.5 Å². The first kappa shape index (κ1) is 13.1. The SMILES string of the molecule is COc1cnn(C)c1C(=O)c1cccc(N(C)C)c1. The van der Waals surface area contributed by atoms with Crippen molar-refractivity contribution in [1.82, 2.24) is 9.78 Å². The number of carbonyl (C=O) groups excluding carboxylic acids is 1. The molecule has 0 saturated heterocycles. The first-order valence-corrected chi connectivity index (χ1v) is 5.92. The van der Waals surface area contributed by atoms with Gasteiger partial charge >= 0.3 is 0 Å². The van der Waals surface area contributed by atoms with Crippen molar-refractivity contribution in [2.45, 2.75) is 0 Å². The van der Waals surface area contributed by atoms with Crippen molar-refractivity contribution in [3.05, 3.63) is 41.7 Å². The Bertz CT molecular complexity index is 602. The first-order chi connectivity index (χ1) is 9.04. The molecule has 19 heavy (non-hydrogen) atoms. The molecule has 0 aliphatic carbocycles. The molecule has 2 rings (SSSR count). The topological polar surface area (TPSA) is 47.4 Å². The van der Waals surface area contributed by atoms with Crippen LogP contribution in [0, 0.1) is 0 Å². The molecule has 5 heteroatoms. The Kier molecular flexibility index (Phi) is 3.55. The number of aromatic nitrogens is 2. The maximum Gasteiger partial charge on any atom is 0.214 e. The molecule has 0 unspecified atom stereocenters. The molecule has 1 aromatic heterocycles. The number of carbonyl (C=O) groups is 1. The van der Waals surface area contributed by atoms with Crippen LogP contribution in [0.5, 0.6) is 5.75 Å². The van der Waals surface area contributed by atoms with Crippen LogP contribution in [0.1, 0.15) is 16.1 Å². The number of anilines is 1. The van der Waals surface area contributed by atoms with E-state index < -0.39 is 0 Å². The lowest BCUT2D eigenvalue weighted by Crippen LogP contribution is -2.12. The van der Waals surface area contributed by atoms with Crippen molar-refractivity contribution in [1.29, 1.82) is 0 Å². The zero-order valence-electron chi connectivity index (χ0n) is 11.5. The van der Waals surface area contributed by atoms with Gasteiger partial charge in [0.2, 0.25) is 5.78 Å². The predicted molar refractivity (Wildman–Crippen MR) is 74.0 cm³/mol. The second-order valence-corrected chi connectivity index (χ2v) is 4.46. The standard InChI is InChI=1S/C14H17N3O2/c1-16(2)11-7-5-6-10(8-11)14(18)13-12(19-4)9-15-17(13)3/h5-9H,1-4H3.